The van der Waals surface area contributed by atoms with E-state index in [2.05, 4.69) is 15.2 Å². The summed E-state index contributed by atoms with van der Waals surface area (Å²) in [7, 11) is 0. The van der Waals surface area contributed by atoms with Crippen LogP contribution in [0, 0.1) is 0 Å². The number of ether oxygens (including phenoxy) is 1. The molecule has 2 heterocycles. The summed E-state index contributed by atoms with van der Waals surface area (Å²) in [5, 5.41) is 2.64. The highest BCUT2D eigenvalue weighted by atomic mass is 16.5. The van der Waals surface area contributed by atoms with Crippen molar-refractivity contribution in [2.24, 2.45) is 0 Å². The van der Waals surface area contributed by atoms with Gasteiger partial charge in [-0.1, -0.05) is 0 Å². The van der Waals surface area contributed by atoms with E-state index in [1.807, 2.05) is 4.98 Å². The molecular weight excluding hydrogens is 252 g/mol. The van der Waals surface area contributed by atoms with Gasteiger partial charge in [-0.2, -0.15) is 0 Å². The number of nitrogens with one attached hydrogen (secondary N) is 3. The SMILES string of the molecule is O=C(NCCN1CCOCC1)c1c[nH]c(=O)[nH]c1=O. The van der Waals surface area contributed by atoms with Crippen LogP contribution < -0.4 is 16.6 Å². The van der Waals surface area contributed by atoms with Crippen LogP contribution in [0.3, 0.4) is 0 Å². The van der Waals surface area contributed by atoms with Crippen LogP contribution >= 0.6 is 0 Å². The highest BCUT2D eigenvalue weighted by Crippen LogP contribution is 1.95. The van der Waals surface area contributed by atoms with E-state index in [1.165, 1.54) is 0 Å². The summed E-state index contributed by atoms with van der Waals surface area (Å²) in [6.07, 6.45) is 1.12. The fraction of sp³-hybridized carbons (Fsp3) is 0.545. The minimum atomic E-state index is -0.687. The van der Waals surface area contributed by atoms with Crippen molar-refractivity contribution in [1.29, 1.82) is 0 Å². The highest BCUT2D eigenvalue weighted by molar-refractivity contribution is 5.93. The third kappa shape index (κ3) is 3.76. The van der Waals surface area contributed by atoms with Gasteiger partial charge in [-0.25, -0.2) is 4.79 Å². The molecule has 3 N–H and O–H groups in total. The quantitative estimate of drug-likeness (QED) is 0.593. The molecule has 0 saturated carbocycles. The lowest BCUT2D eigenvalue weighted by Crippen LogP contribution is -2.42. The van der Waals surface area contributed by atoms with Gasteiger partial charge in [0, 0.05) is 32.4 Å². The number of nitrogens with zero attached hydrogens (tertiary/aromatic N) is 1. The molecule has 0 atom stereocenters. The Hall–Kier alpha value is -1.93. The van der Waals surface area contributed by atoms with E-state index in [1.54, 1.807) is 0 Å². The Labute approximate surface area is 108 Å². The Balaban J connectivity index is 1.83. The first kappa shape index (κ1) is 13.5. The Morgan fingerprint density at radius 3 is 2.79 bits per heavy atom. The van der Waals surface area contributed by atoms with Gasteiger partial charge in [-0.15, -0.1) is 0 Å². The molecule has 104 valence electrons. The predicted molar refractivity (Wildman–Crippen MR) is 67.3 cm³/mol. The third-order valence-electron chi connectivity index (χ3n) is 2.88. The van der Waals surface area contributed by atoms with E-state index >= 15 is 0 Å². The summed E-state index contributed by atoms with van der Waals surface area (Å²) in [4.78, 5) is 40.4. The van der Waals surface area contributed by atoms with Crippen molar-refractivity contribution in [2.45, 2.75) is 0 Å². The molecule has 1 aromatic heterocycles. The van der Waals surface area contributed by atoms with Crippen LogP contribution in [0.4, 0.5) is 0 Å². The Bertz CT molecular complexity index is 544. The summed E-state index contributed by atoms with van der Waals surface area (Å²) in [6, 6.07) is 0. The summed E-state index contributed by atoms with van der Waals surface area (Å²) in [5.41, 5.74) is -1.41. The second-order valence-corrected chi connectivity index (χ2v) is 4.20. The first-order valence-corrected chi connectivity index (χ1v) is 6.07. The second kappa shape index (κ2) is 6.30. The number of hydrogen-bond donors (Lipinski definition) is 3. The van der Waals surface area contributed by atoms with Gasteiger partial charge in [0.05, 0.1) is 13.2 Å². The molecule has 0 aromatic carbocycles. The average Bonchev–Trinajstić information content (AvgIpc) is 2.39. The molecule has 1 aliphatic rings. The topological polar surface area (TPSA) is 107 Å². The maximum absolute atomic E-state index is 11.7. The number of carbonyl (C=O) groups is 1. The van der Waals surface area contributed by atoms with E-state index in [-0.39, 0.29) is 5.56 Å². The number of morpholine rings is 1. The van der Waals surface area contributed by atoms with E-state index in [0.29, 0.717) is 26.3 Å². The van der Waals surface area contributed by atoms with E-state index < -0.39 is 17.2 Å². The van der Waals surface area contributed by atoms with Gasteiger partial charge in [-0.3, -0.25) is 19.5 Å². The minimum Gasteiger partial charge on any atom is -0.379 e. The fourth-order valence-corrected chi connectivity index (χ4v) is 1.83. The Morgan fingerprint density at radius 2 is 2.11 bits per heavy atom. The van der Waals surface area contributed by atoms with Crippen molar-refractivity contribution in [2.75, 3.05) is 39.4 Å². The fourth-order valence-electron chi connectivity index (χ4n) is 1.83. The zero-order valence-electron chi connectivity index (χ0n) is 10.4. The van der Waals surface area contributed by atoms with Crippen molar-refractivity contribution < 1.29 is 9.53 Å². The molecule has 1 fully saturated rings. The molecule has 0 aliphatic carbocycles. The van der Waals surface area contributed by atoms with Crippen molar-refractivity contribution >= 4 is 5.91 Å². The number of amides is 1. The normalized spacial score (nSPS) is 16.2. The maximum atomic E-state index is 11.7. The zero-order valence-corrected chi connectivity index (χ0v) is 10.4. The zero-order chi connectivity index (χ0) is 13.7. The molecule has 0 unspecified atom stereocenters. The van der Waals surface area contributed by atoms with Gasteiger partial charge in [0.15, 0.2) is 0 Å². The Morgan fingerprint density at radius 1 is 1.37 bits per heavy atom. The molecular formula is C11H16N4O4. The van der Waals surface area contributed by atoms with Crippen LogP contribution in [0.15, 0.2) is 15.8 Å². The molecule has 8 nitrogen and oxygen atoms in total. The second-order valence-electron chi connectivity index (χ2n) is 4.20. The number of rotatable bonds is 4. The number of aromatic amines is 2. The number of H-pyrrole nitrogens is 2. The van der Waals surface area contributed by atoms with Crippen molar-refractivity contribution in [3.05, 3.63) is 32.6 Å². The van der Waals surface area contributed by atoms with Crippen LogP contribution in [0.2, 0.25) is 0 Å². The molecule has 1 amide bonds. The summed E-state index contributed by atoms with van der Waals surface area (Å²) >= 11 is 0. The standard InChI is InChI=1S/C11H16N4O4/c16-9(8-7-13-11(18)14-10(8)17)12-1-2-15-3-5-19-6-4-15/h7H,1-6H2,(H,12,16)(H2,13,14,17,18). The molecule has 2 rings (SSSR count). The summed E-state index contributed by atoms with van der Waals surface area (Å²) < 4.78 is 5.22. The highest BCUT2D eigenvalue weighted by Gasteiger charge is 2.12. The lowest BCUT2D eigenvalue weighted by molar-refractivity contribution is 0.0383. The van der Waals surface area contributed by atoms with Gasteiger partial charge in [0.1, 0.15) is 5.56 Å². The smallest absolute Gasteiger partial charge is 0.325 e. The lowest BCUT2D eigenvalue weighted by Gasteiger charge is -2.26. The van der Waals surface area contributed by atoms with Gasteiger partial charge in [-0.05, 0) is 0 Å². The molecule has 19 heavy (non-hydrogen) atoms. The Kier molecular flexibility index (Phi) is 4.48. The maximum Gasteiger partial charge on any atom is 0.325 e. The van der Waals surface area contributed by atoms with Crippen molar-refractivity contribution in [3.8, 4) is 0 Å². The first-order chi connectivity index (χ1) is 9.16. The minimum absolute atomic E-state index is 0.0958. The van der Waals surface area contributed by atoms with E-state index in [4.69, 9.17) is 4.74 Å². The first-order valence-electron chi connectivity index (χ1n) is 6.07. The number of aromatic nitrogens is 2. The van der Waals surface area contributed by atoms with Gasteiger partial charge >= 0.3 is 5.69 Å². The van der Waals surface area contributed by atoms with E-state index in [9.17, 15) is 14.4 Å². The largest absolute Gasteiger partial charge is 0.379 e. The molecule has 0 spiro atoms. The van der Waals surface area contributed by atoms with Crippen molar-refractivity contribution in [3.63, 3.8) is 0 Å². The summed E-state index contributed by atoms with van der Waals surface area (Å²) in [5.74, 6) is -0.495. The molecule has 0 radical (unpaired) electrons. The van der Waals surface area contributed by atoms with Gasteiger partial charge in [0.2, 0.25) is 0 Å². The average molecular weight is 268 g/mol. The van der Waals surface area contributed by atoms with Crippen molar-refractivity contribution in [1.82, 2.24) is 20.2 Å². The molecule has 1 aromatic rings. The summed E-state index contributed by atoms with van der Waals surface area (Å²) in [6.45, 7) is 4.24. The number of hydrogen-bond acceptors (Lipinski definition) is 5. The molecule has 8 heteroatoms. The van der Waals surface area contributed by atoms with Crippen LogP contribution in [-0.2, 0) is 4.74 Å². The van der Waals surface area contributed by atoms with Gasteiger partial charge in [0.25, 0.3) is 11.5 Å². The van der Waals surface area contributed by atoms with Crippen LogP contribution in [0.5, 0.6) is 0 Å². The van der Waals surface area contributed by atoms with Crippen LogP contribution in [0.1, 0.15) is 10.4 Å². The van der Waals surface area contributed by atoms with Crippen LogP contribution in [-0.4, -0.2) is 60.2 Å². The third-order valence-corrected chi connectivity index (χ3v) is 2.88. The molecule has 1 aliphatic heterocycles. The lowest BCUT2D eigenvalue weighted by atomic mass is 10.3. The van der Waals surface area contributed by atoms with Crippen LogP contribution in [0.25, 0.3) is 0 Å². The molecule has 0 bridgehead atoms. The molecule has 1 saturated heterocycles. The monoisotopic (exact) mass is 268 g/mol. The van der Waals surface area contributed by atoms with Gasteiger partial charge < -0.3 is 15.0 Å². The predicted octanol–water partition coefficient (Wildman–Crippen LogP) is -1.87. The van der Waals surface area contributed by atoms with E-state index in [0.717, 1.165) is 19.3 Å². The number of carbonyl (C=O) groups excluding carboxylic acids is 1.